The molecule has 6 heteroatoms. The fraction of sp³-hybridized carbons (Fsp3) is 0.550. The molecule has 4 nitrogen and oxygen atoms in total. The van der Waals surface area contributed by atoms with Crippen molar-refractivity contribution >= 4 is 43.5 Å². The van der Waals surface area contributed by atoms with E-state index in [9.17, 15) is 0 Å². The first kappa shape index (κ1) is 18.1. The minimum absolute atomic E-state index is 0.149. The Morgan fingerprint density at radius 1 is 1.27 bits per heavy atom. The summed E-state index contributed by atoms with van der Waals surface area (Å²) < 4.78 is 7.22. The normalized spacial score (nSPS) is 16.5. The van der Waals surface area contributed by atoms with Crippen LogP contribution in [0.1, 0.15) is 50.9 Å². The van der Waals surface area contributed by atoms with Crippen LogP contribution in [0.15, 0.2) is 11.4 Å². The second kappa shape index (κ2) is 6.73. The monoisotopic (exact) mass is 387 g/mol. The molecule has 0 saturated heterocycles. The van der Waals surface area contributed by atoms with Crippen molar-refractivity contribution in [2.75, 3.05) is 5.75 Å². The van der Waals surface area contributed by atoms with Crippen molar-refractivity contribution in [3.63, 3.8) is 0 Å². The van der Waals surface area contributed by atoms with Gasteiger partial charge in [0.05, 0.1) is 22.4 Å². The smallest absolute Gasteiger partial charge is 0.126 e. The molecule has 0 atom stereocenters. The van der Waals surface area contributed by atoms with Crippen LogP contribution in [0.5, 0.6) is 0 Å². The highest BCUT2D eigenvalue weighted by Gasteiger charge is 2.30. The maximum absolute atomic E-state index is 6.04. The van der Waals surface area contributed by atoms with Gasteiger partial charge in [0.15, 0.2) is 0 Å². The molecule has 3 aromatic heterocycles. The van der Waals surface area contributed by atoms with Gasteiger partial charge in [-0.25, -0.2) is 15.0 Å². The van der Waals surface area contributed by atoms with Crippen LogP contribution in [0.4, 0.5) is 0 Å². The van der Waals surface area contributed by atoms with Gasteiger partial charge in [0.25, 0.3) is 0 Å². The lowest BCUT2D eigenvalue weighted by molar-refractivity contribution is -0.0400. The summed E-state index contributed by atoms with van der Waals surface area (Å²) in [6.45, 7) is 11.6. The number of hydrogen-bond donors (Lipinski definition) is 0. The van der Waals surface area contributed by atoms with Gasteiger partial charge >= 0.3 is 0 Å². The van der Waals surface area contributed by atoms with Crippen LogP contribution in [-0.2, 0) is 17.8 Å². The van der Waals surface area contributed by atoms with Gasteiger partial charge < -0.3 is 4.74 Å². The van der Waals surface area contributed by atoms with Crippen LogP contribution in [0.2, 0.25) is 0 Å². The Balaban J connectivity index is 1.87. The molecule has 0 bridgehead atoms. The van der Waals surface area contributed by atoms with E-state index in [1.807, 2.05) is 11.8 Å². The van der Waals surface area contributed by atoms with E-state index < -0.39 is 0 Å². The summed E-state index contributed by atoms with van der Waals surface area (Å²) in [5.74, 6) is 1.80. The zero-order chi connectivity index (χ0) is 18.5. The molecule has 0 aliphatic carbocycles. The molecule has 0 amide bonds. The lowest BCUT2D eigenvalue weighted by Gasteiger charge is -2.32. The highest BCUT2D eigenvalue weighted by molar-refractivity contribution is 7.99. The molecule has 138 valence electrons. The van der Waals surface area contributed by atoms with Crippen molar-refractivity contribution in [1.82, 2.24) is 15.0 Å². The average molecular weight is 388 g/mol. The third-order valence-electron chi connectivity index (χ3n) is 4.94. The molecule has 0 spiro atoms. The minimum Gasteiger partial charge on any atom is -0.370 e. The molecule has 0 radical (unpaired) electrons. The lowest BCUT2D eigenvalue weighted by Crippen LogP contribution is -2.32. The summed E-state index contributed by atoms with van der Waals surface area (Å²) in [5.41, 5.74) is 4.60. The summed E-state index contributed by atoms with van der Waals surface area (Å²) in [6, 6.07) is 0. The summed E-state index contributed by atoms with van der Waals surface area (Å²) in [6.07, 6.45) is 3.80. The van der Waals surface area contributed by atoms with Crippen molar-refractivity contribution in [1.29, 1.82) is 0 Å². The van der Waals surface area contributed by atoms with Gasteiger partial charge in [-0.3, -0.25) is 0 Å². The molecule has 0 N–H and O–H groups in total. The van der Waals surface area contributed by atoms with Gasteiger partial charge in [0, 0.05) is 23.1 Å². The zero-order valence-corrected chi connectivity index (χ0v) is 17.7. The van der Waals surface area contributed by atoms with Crippen LogP contribution in [0.25, 0.3) is 20.4 Å². The maximum Gasteiger partial charge on any atom is 0.126 e. The van der Waals surface area contributed by atoms with Crippen molar-refractivity contribution < 1.29 is 4.74 Å². The molecule has 1 aliphatic heterocycles. The maximum atomic E-state index is 6.04. The number of pyridine rings is 1. The fourth-order valence-corrected chi connectivity index (χ4v) is 5.96. The van der Waals surface area contributed by atoms with Crippen LogP contribution in [-0.4, -0.2) is 26.3 Å². The largest absolute Gasteiger partial charge is 0.370 e. The van der Waals surface area contributed by atoms with Gasteiger partial charge in [-0.2, -0.15) is 0 Å². The summed E-state index contributed by atoms with van der Waals surface area (Å²) in [5, 5.41) is 2.31. The van der Waals surface area contributed by atoms with Gasteiger partial charge in [0.1, 0.15) is 16.2 Å². The number of rotatable bonds is 4. The van der Waals surface area contributed by atoms with Crippen LogP contribution >= 0.6 is 23.1 Å². The number of aryl methyl sites for hydroxylation is 1. The van der Waals surface area contributed by atoms with Gasteiger partial charge in [-0.05, 0) is 44.4 Å². The van der Waals surface area contributed by atoms with Crippen LogP contribution < -0.4 is 0 Å². The molecule has 0 saturated carbocycles. The number of hydrogen-bond acceptors (Lipinski definition) is 6. The Hall–Kier alpha value is -1.24. The fourth-order valence-electron chi connectivity index (χ4n) is 3.44. The number of thioether (sulfide) groups is 1. The lowest BCUT2D eigenvalue weighted by atomic mass is 9.89. The van der Waals surface area contributed by atoms with Gasteiger partial charge in [-0.15, -0.1) is 23.1 Å². The summed E-state index contributed by atoms with van der Waals surface area (Å²) in [7, 11) is 0. The molecule has 3 aromatic rings. The van der Waals surface area contributed by atoms with Crippen molar-refractivity contribution in [2.24, 2.45) is 5.92 Å². The average Bonchev–Trinajstić information content (AvgIpc) is 2.92. The Labute approximate surface area is 162 Å². The van der Waals surface area contributed by atoms with E-state index in [-0.39, 0.29) is 5.60 Å². The molecule has 4 rings (SSSR count). The highest BCUT2D eigenvalue weighted by atomic mass is 32.2. The van der Waals surface area contributed by atoms with Crippen molar-refractivity contribution in [3.8, 4) is 0 Å². The minimum atomic E-state index is -0.149. The Kier molecular flexibility index (Phi) is 4.70. The highest BCUT2D eigenvalue weighted by Crippen LogP contribution is 2.42. The Morgan fingerprint density at radius 2 is 2.08 bits per heavy atom. The molecular weight excluding hydrogens is 362 g/mol. The van der Waals surface area contributed by atoms with E-state index in [0.29, 0.717) is 12.5 Å². The van der Waals surface area contributed by atoms with Crippen LogP contribution in [0.3, 0.4) is 0 Å². The molecule has 4 heterocycles. The van der Waals surface area contributed by atoms with Crippen molar-refractivity contribution in [3.05, 3.63) is 23.1 Å². The second-order valence-corrected chi connectivity index (χ2v) is 10.1. The zero-order valence-electron chi connectivity index (χ0n) is 16.0. The molecule has 0 unspecified atom stereocenters. The van der Waals surface area contributed by atoms with E-state index in [0.717, 1.165) is 33.2 Å². The summed E-state index contributed by atoms with van der Waals surface area (Å²) >= 11 is 3.58. The first-order valence-corrected chi connectivity index (χ1v) is 11.0. The Bertz CT molecular complexity index is 978. The summed E-state index contributed by atoms with van der Waals surface area (Å²) in [4.78, 5) is 15.2. The predicted octanol–water partition coefficient (Wildman–Crippen LogP) is 5.54. The van der Waals surface area contributed by atoms with Crippen molar-refractivity contribution in [2.45, 2.75) is 64.7 Å². The predicted molar refractivity (Wildman–Crippen MR) is 110 cm³/mol. The number of thiophene rings is 1. The standard InChI is InChI=1S/C20H25N3OS2/c1-11(2)6-7-25-19-17-16(21-10-22-19)15-13-8-20(4,5)24-9-14(13)12(3)23-18(15)26-17/h10-11H,6-9H2,1-5H3. The van der Waals surface area contributed by atoms with E-state index in [1.54, 1.807) is 17.7 Å². The quantitative estimate of drug-likeness (QED) is 0.435. The molecular formula is C20H25N3OS2. The van der Waals surface area contributed by atoms with E-state index >= 15 is 0 Å². The Morgan fingerprint density at radius 3 is 2.85 bits per heavy atom. The molecule has 0 aromatic carbocycles. The van der Waals surface area contributed by atoms with Gasteiger partial charge in [-0.1, -0.05) is 13.8 Å². The SMILES string of the molecule is Cc1nc2sc3c(SCCC(C)C)ncnc3c2c2c1COC(C)(C)C2. The molecule has 0 fully saturated rings. The number of nitrogens with zero attached hydrogens (tertiary/aromatic N) is 3. The first-order chi connectivity index (χ1) is 12.4. The first-order valence-electron chi connectivity index (χ1n) is 9.18. The second-order valence-electron chi connectivity index (χ2n) is 8.05. The molecule has 26 heavy (non-hydrogen) atoms. The topological polar surface area (TPSA) is 47.9 Å². The number of fused-ring (bicyclic) bond motifs is 5. The van der Waals surface area contributed by atoms with Gasteiger partial charge in [0.2, 0.25) is 0 Å². The number of aromatic nitrogens is 3. The number of ether oxygens (including phenoxy) is 1. The van der Waals surface area contributed by atoms with E-state index in [2.05, 4.69) is 44.6 Å². The van der Waals surface area contributed by atoms with Crippen LogP contribution in [0, 0.1) is 12.8 Å². The van der Waals surface area contributed by atoms with E-state index in [1.165, 1.54) is 27.6 Å². The third kappa shape index (κ3) is 3.23. The molecule has 1 aliphatic rings. The van der Waals surface area contributed by atoms with E-state index in [4.69, 9.17) is 9.72 Å². The third-order valence-corrected chi connectivity index (χ3v) is 7.17.